The highest BCUT2D eigenvalue weighted by Crippen LogP contribution is 2.16. The lowest BCUT2D eigenvalue weighted by Crippen LogP contribution is -2.56. The van der Waals surface area contributed by atoms with Crippen molar-refractivity contribution in [3.05, 3.63) is 35.9 Å². The van der Waals surface area contributed by atoms with Gasteiger partial charge < -0.3 is 14.9 Å². The van der Waals surface area contributed by atoms with Crippen LogP contribution in [0.1, 0.15) is 29.6 Å². The number of unbranched alkanes of at least 4 members (excludes halogenated alkanes) is 1. The van der Waals surface area contributed by atoms with E-state index in [1.807, 2.05) is 6.07 Å². The average molecular weight is 412 g/mol. The highest BCUT2D eigenvalue weighted by atomic mass is 32.2. The lowest BCUT2D eigenvalue weighted by molar-refractivity contribution is -0.137. The Morgan fingerprint density at radius 1 is 1.11 bits per heavy atom. The molecule has 1 aliphatic heterocycles. The fraction of sp³-hybridized carbons (Fsp3) is 0.579. The van der Waals surface area contributed by atoms with Crippen molar-refractivity contribution < 1.29 is 23.1 Å². The van der Waals surface area contributed by atoms with Crippen molar-refractivity contribution in [2.45, 2.75) is 25.3 Å². The van der Waals surface area contributed by atoms with E-state index in [0.717, 1.165) is 6.26 Å². The van der Waals surface area contributed by atoms with E-state index in [1.54, 1.807) is 36.2 Å². The summed E-state index contributed by atoms with van der Waals surface area (Å²) in [5.41, 5.74) is 0.506. The monoisotopic (exact) mass is 411 g/mol. The Labute approximate surface area is 166 Å². The molecule has 8 nitrogen and oxygen atoms in total. The van der Waals surface area contributed by atoms with E-state index in [9.17, 15) is 18.0 Å². The summed E-state index contributed by atoms with van der Waals surface area (Å²) in [6, 6.07) is 8.13. The van der Waals surface area contributed by atoms with Gasteiger partial charge in [0, 0.05) is 45.4 Å². The molecule has 1 heterocycles. The largest absolute Gasteiger partial charge is 0.396 e. The minimum Gasteiger partial charge on any atom is -0.396 e. The molecule has 0 bridgehead atoms. The lowest BCUT2D eigenvalue weighted by Gasteiger charge is -2.37. The molecule has 1 aromatic carbocycles. The second-order valence-electron chi connectivity index (χ2n) is 7.00. The van der Waals surface area contributed by atoms with Crippen molar-refractivity contribution in [3.8, 4) is 0 Å². The fourth-order valence-corrected chi connectivity index (χ4v) is 4.14. The van der Waals surface area contributed by atoms with Gasteiger partial charge in [-0.3, -0.25) is 9.59 Å². The first kappa shape index (κ1) is 22.3. The van der Waals surface area contributed by atoms with Crippen molar-refractivity contribution in [2.75, 3.05) is 46.1 Å². The summed E-state index contributed by atoms with van der Waals surface area (Å²) in [5, 5.41) is 9.06. The van der Waals surface area contributed by atoms with Crippen LogP contribution in [0.2, 0.25) is 0 Å². The standard InChI is InChI=1S/C19H29N3O5S/c1-20(18(24)16-8-4-3-5-9-16)17(10-6-7-15-23)19(25)21-11-13-22(14-12-21)28(2,26)27/h3-5,8-9,17,23H,6-7,10-15H2,1-2H3. The third kappa shape index (κ3) is 5.76. The minimum absolute atomic E-state index is 0.0320. The maximum absolute atomic E-state index is 13.1. The molecule has 0 aromatic heterocycles. The molecule has 0 radical (unpaired) electrons. The second kappa shape index (κ2) is 9.99. The molecule has 1 N–H and O–H groups in total. The summed E-state index contributed by atoms with van der Waals surface area (Å²) in [6.45, 7) is 1.14. The van der Waals surface area contributed by atoms with Crippen LogP contribution >= 0.6 is 0 Å². The Morgan fingerprint density at radius 3 is 2.25 bits per heavy atom. The summed E-state index contributed by atoms with van der Waals surface area (Å²) in [7, 11) is -1.66. The van der Waals surface area contributed by atoms with Crippen molar-refractivity contribution >= 4 is 21.8 Å². The molecule has 28 heavy (non-hydrogen) atoms. The van der Waals surface area contributed by atoms with E-state index in [0.29, 0.717) is 37.9 Å². The predicted molar refractivity (Wildman–Crippen MR) is 106 cm³/mol. The SMILES string of the molecule is CN(C(=O)c1ccccc1)C(CCCCO)C(=O)N1CCN(S(C)(=O)=O)CC1. The average Bonchev–Trinajstić information content (AvgIpc) is 2.70. The molecule has 1 saturated heterocycles. The molecule has 1 aliphatic rings. The Balaban J connectivity index is 2.11. The van der Waals surface area contributed by atoms with E-state index in [-0.39, 0.29) is 31.5 Å². The van der Waals surface area contributed by atoms with Crippen molar-refractivity contribution in [1.82, 2.24) is 14.1 Å². The van der Waals surface area contributed by atoms with Crippen LogP contribution in [0.3, 0.4) is 0 Å². The zero-order valence-electron chi connectivity index (χ0n) is 16.5. The van der Waals surface area contributed by atoms with Crippen LogP contribution in [0.15, 0.2) is 30.3 Å². The van der Waals surface area contributed by atoms with E-state index in [1.165, 1.54) is 9.21 Å². The quantitative estimate of drug-likeness (QED) is 0.624. The van der Waals surface area contributed by atoms with Gasteiger partial charge in [0.25, 0.3) is 5.91 Å². The van der Waals surface area contributed by atoms with Crippen LogP contribution in [0.5, 0.6) is 0 Å². The Kier molecular flexibility index (Phi) is 7.97. The molecule has 2 rings (SSSR count). The summed E-state index contributed by atoms with van der Waals surface area (Å²) < 4.78 is 24.7. The third-order valence-electron chi connectivity index (χ3n) is 5.00. The smallest absolute Gasteiger partial charge is 0.254 e. The summed E-state index contributed by atoms with van der Waals surface area (Å²) >= 11 is 0. The number of amides is 2. The minimum atomic E-state index is -3.28. The molecule has 2 amide bonds. The Bertz CT molecular complexity index is 761. The molecule has 1 atom stereocenters. The van der Waals surface area contributed by atoms with E-state index >= 15 is 0 Å². The van der Waals surface area contributed by atoms with Gasteiger partial charge in [0.2, 0.25) is 15.9 Å². The van der Waals surface area contributed by atoms with E-state index in [2.05, 4.69) is 0 Å². The molecule has 0 aliphatic carbocycles. The number of piperazine rings is 1. The van der Waals surface area contributed by atoms with Crippen LogP contribution < -0.4 is 0 Å². The zero-order chi connectivity index (χ0) is 20.7. The van der Waals surface area contributed by atoms with Crippen LogP contribution in [0, 0.1) is 0 Å². The molecular weight excluding hydrogens is 382 g/mol. The van der Waals surface area contributed by atoms with Crippen molar-refractivity contribution in [1.29, 1.82) is 0 Å². The maximum Gasteiger partial charge on any atom is 0.254 e. The van der Waals surface area contributed by atoms with Crippen LogP contribution in [-0.4, -0.2) is 91.6 Å². The molecule has 1 fully saturated rings. The lowest BCUT2D eigenvalue weighted by atomic mass is 10.0. The number of hydrogen-bond donors (Lipinski definition) is 1. The van der Waals surface area contributed by atoms with Gasteiger partial charge in [0.05, 0.1) is 6.26 Å². The van der Waals surface area contributed by atoms with Crippen molar-refractivity contribution in [2.24, 2.45) is 0 Å². The zero-order valence-corrected chi connectivity index (χ0v) is 17.3. The third-order valence-corrected chi connectivity index (χ3v) is 6.30. The first-order chi connectivity index (χ1) is 13.3. The first-order valence-corrected chi connectivity index (χ1v) is 11.3. The molecule has 0 saturated carbocycles. The summed E-state index contributed by atoms with van der Waals surface area (Å²) in [4.78, 5) is 29.0. The van der Waals surface area contributed by atoms with Gasteiger partial charge in [-0.15, -0.1) is 0 Å². The van der Waals surface area contributed by atoms with Gasteiger partial charge >= 0.3 is 0 Å². The number of carbonyl (C=O) groups is 2. The topological polar surface area (TPSA) is 98.2 Å². The van der Waals surface area contributed by atoms with Gasteiger partial charge in [0.1, 0.15) is 6.04 Å². The van der Waals surface area contributed by atoms with Gasteiger partial charge in [-0.1, -0.05) is 18.2 Å². The number of aliphatic hydroxyl groups excluding tert-OH is 1. The Hall–Kier alpha value is -1.97. The number of rotatable bonds is 8. The van der Waals surface area contributed by atoms with Crippen LogP contribution in [0.4, 0.5) is 0 Å². The highest BCUT2D eigenvalue weighted by Gasteiger charge is 2.33. The molecule has 1 unspecified atom stereocenters. The maximum atomic E-state index is 13.1. The number of hydrogen-bond acceptors (Lipinski definition) is 5. The first-order valence-electron chi connectivity index (χ1n) is 9.42. The summed E-state index contributed by atoms with van der Waals surface area (Å²) in [6.07, 6.45) is 2.77. The molecular formula is C19H29N3O5S. The second-order valence-corrected chi connectivity index (χ2v) is 8.99. The van der Waals surface area contributed by atoms with E-state index < -0.39 is 16.1 Å². The predicted octanol–water partition coefficient (Wildman–Crippen LogP) is 0.394. The number of carbonyl (C=O) groups excluding carboxylic acids is 2. The molecule has 1 aromatic rings. The number of benzene rings is 1. The van der Waals surface area contributed by atoms with Gasteiger partial charge in [-0.25, -0.2) is 8.42 Å². The van der Waals surface area contributed by atoms with E-state index in [4.69, 9.17) is 5.11 Å². The number of aliphatic hydroxyl groups is 1. The van der Waals surface area contributed by atoms with Gasteiger partial charge in [-0.05, 0) is 31.4 Å². The van der Waals surface area contributed by atoms with Gasteiger partial charge in [-0.2, -0.15) is 4.31 Å². The normalized spacial score (nSPS) is 16.6. The van der Waals surface area contributed by atoms with Crippen LogP contribution in [0.25, 0.3) is 0 Å². The number of sulfonamides is 1. The van der Waals surface area contributed by atoms with Gasteiger partial charge in [0.15, 0.2) is 0 Å². The molecule has 156 valence electrons. The highest BCUT2D eigenvalue weighted by molar-refractivity contribution is 7.88. The number of likely N-dealkylation sites (N-methyl/N-ethyl adjacent to an activating group) is 1. The summed E-state index contributed by atoms with van der Waals surface area (Å²) in [5.74, 6) is -0.421. The Morgan fingerprint density at radius 2 is 1.71 bits per heavy atom. The number of nitrogens with zero attached hydrogens (tertiary/aromatic N) is 3. The fourth-order valence-electron chi connectivity index (χ4n) is 3.31. The molecule has 0 spiro atoms. The van der Waals surface area contributed by atoms with Crippen LogP contribution in [-0.2, 0) is 14.8 Å². The van der Waals surface area contributed by atoms with Crippen molar-refractivity contribution in [3.63, 3.8) is 0 Å². The molecule has 9 heteroatoms.